The van der Waals surface area contributed by atoms with Gasteiger partial charge in [0.05, 0.1) is 0 Å². The lowest BCUT2D eigenvalue weighted by molar-refractivity contribution is 0.0819. The van der Waals surface area contributed by atoms with Crippen molar-refractivity contribution in [1.82, 2.24) is 10.2 Å². The second-order valence-corrected chi connectivity index (χ2v) is 10.3. The summed E-state index contributed by atoms with van der Waals surface area (Å²) in [5.41, 5.74) is 0.523. The van der Waals surface area contributed by atoms with E-state index < -0.39 is 0 Å². The van der Waals surface area contributed by atoms with E-state index in [1.807, 2.05) is 0 Å². The van der Waals surface area contributed by atoms with Crippen LogP contribution in [-0.2, 0) is 0 Å². The molecule has 0 unspecified atom stereocenters. The van der Waals surface area contributed by atoms with Crippen LogP contribution in [0.4, 0.5) is 0 Å². The summed E-state index contributed by atoms with van der Waals surface area (Å²) in [6.45, 7) is 16.9. The summed E-state index contributed by atoms with van der Waals surface area (Å²) < 4.78 is 0.437. The van der Waals surface area contributed by atoms with E-state index >= 15 is 0 Å². The van der Waals surface area contributed by atoms with Crippen LogP contribution in [0.15, 0.2) is 0 Å². The smallest absolute Gasteiger partial charge is 0.0231 e. The molecule has 124 valence electrons. The van der Waals surface area contributed by atoms with E-state index in [2.05, 4.69) is 56.6 Å². The van der Waals surface area contributed by atoms with Crippen molar-refractivity contribution >= 4 is 11.8 Å². The molecule has 1 heterocycles. The number of hydrogen-bond donors (Lipinski definition) is 1. The monoisotopic (exact) mass is 312 g/mol. The van der Waals surface area contributed by atoms with Gasteiger partial charge < -0.3 is 10.2 Å². The van der Waals surface area contributed by atoms with Crippen molar-refractivity contribution in [2.24, 2.45) is 11.3 Å². The fourth-order valence-corrected chi connectivity index (χ4v) is 5.09. The van der Waals surface area contributed by atoms with E-state index in [1.54, 1.807) is 0 Å². The highest BCUT2D eigenvalue weighted by atomic mass is 32.2. The fourth-order valence-electron chi connectivity index (χ4n) is 3.91. The van der Waals surface area contributed by atoms with Crippen LogP contribution in [0.2, 0.25) is 0 Å². The zero-order valence-electron chi connectivity index (χ0n) is 14.9. The van der Waals surface area contributed by atoms with Gasteiger partial charge >= 0.3 is 0 Å². The summed E-state index contributed by atoms with van der Waals surface area (Å²) in [6.07, 6.45) is 5.67. The Labute approximate surface area is 136 Å². The van der Waals surface area contributed by atoms with Gasteiger partial charge in [-0.1, -0.05) is 33.6 Å². The van der Waals surface area contributed by atoms with Gasteiger partial charge in [0.25, 0.3) is 0 Å². The van der Waals surface area contributed by atoms with Gasteiger partial charge in [-0.3, -0.25) is 0 Å². The third kappa shape index (κ3) is 5.44. The number of rotatable bonds is 5. The number of thioether (sulfide) groups is 1. The molecular weight excluding hydrogens is 276 g/mol. The standard InChI is InChI=1S/C18H36N2S/c1-15(2)19-12-18(8-6-16(3)7-9-18)14-20-10-11-21-17(4,5)13-20/h15-16,19H,6-14H2,1-5H3. The van der Waals surface area contributed by atoms with Crippen LogP contribution in [0.1, 0.15) is 60.3 Å². The molecule has 1 aliphatic carbocycles. The van der Waals surface area contributed by atoms with Crippen LogP contribution in [0.25, 0.3) is 0 Å². The SMILES string of the molecule is CC1CCC(CNC(C)C)(CN2CCSC(C)(C)C2)CC1. The van der Waals surface area contributed by atoms with Crippen molar-refractivity contribution in [2.45, 2.75) is 71.1 Å². The highest BCUT2D eigenvalue weighted by molar-refractivity contribution is 8.00. The zero-order valence-corrected chi connectivity index (χ0v) is 15.7. The molecule has 1 saturated carbocycles. The van der Waals surface area contributed by atoms with E-state index in [0.717, 1.165) is 5.92 Å². The third-order valence-corrected chi connectivity index (χ3v) is 6.58. The molecule has 0 aromatic heterocycles. The van der Waals surface area contributed by atoms with Gasteiger partial charge in [0.15, 0.2) is 0 Å². The van der Waals surface area contributed by atoms with Crippen molar-refractivity contribution in [3.8, 4) is 0 Å². The van der Waals surface area contributed by atoms with Crippen molar-refractivity contribution in [2.75, 3.05) is 31.9 Å². The molecule has 0 bridgehead atoms. The Kier molecular flexibility index (Phi) is 6.07. The lowest BCUT2D eigenvalue weighted by Crippen LogP contribution is -2.52. The summed E-state index contributed by atoms with van der Waals surface area (Å²) in [5, 5.41) is 3.75. The first kappa shape index (κ1) is 17.6. The molecule has 0 spiro atoms. The van der Waals surface area contributed by atoms with Gasteiger partial charge in [-0.25, -0.2) is 0 Å². The summed E-state index contributed by atoms with van der Waals surface area (Å²) >= 11 is 2.15. The van der Waals surface area contributed by atoms with Crippen LogP contribution in [0.3, 0.4) is 0 Å². The number of hydrogen-bond acceptors (Lipinski definition) is 3. The summed E-state index contributed by atoms with van der Waals surface area (Å²) in [4.78, 5) is 2.76. The van der Waals surface area contributed by atoms with E-state index in [-0.39, 0.29) is 0 Å². The maximum atomic E-state index is 3.75. The molecule has 0 amide bonds. The topological polar surface area (TPSA) is 15.3 Å². The molecule has 1 N–H and O–H groups in total. The van der Waals surface area contributed by atoms with Crippen molar-refractivity contribution in [1.29, 1.82) is 0 Å². The third-order valence-electron chi connectivity index (χ3n) is 5.28. The molecule has 0 atom stereocenters. The summed E-state index contributed by atoms with van der Waals surface area (Å²) in [6, 6.07) is 0.606. The fraction of sp³-hybridized carbons (Fsp3) is 1.00. The second-order valence-electron chi connectivity index (χ2n) is 8.54. The molecule has 2 fully saturated rings. The van der Waals surface area contributed by atoms with Gasteiger partial charge in [-0.05, 0) is 38.0 Å². The molecule has 1 aliphatic heterocycles. The lowest BCUT2D eigenvalue weighted by atomic mass is 9.70. The molecule has 0 aromatic carbocycles. The molecule has 2 rings (SSSR count). The minimum atomic E-state index is 0.437. The van der Waals surface area contributed by atoms with E-state index in [1.165, 1.54) is 57.6 Å². The minimum Gasteiger partial charge on any atom is -0.314 e. The van der Waals surface area contributed by atoms with Crippen molar-refractivity contribution < 1.29 is 0 Å². The molecule has 2 aliphatic rings. The zero-order chi connectivity index (χ0) is 15.5. The van der Waals surface area contributed by atoms with E-state index in [9.17, 15) is 0 Å². The van der Waals surface area contributed by atoms with Crippen LogP contribution >= 0.6 is 11.8 Å². The largest absolute Gasteiger partial charge is 0.314 e. The van der Waals surface area contributed by atoms with Gasteiger partial charge in [0, 0.05) is 42.7 Å². The normalized spacial score (nSPS) is 34.3. The Morgan fingerprint density at radius 2 is 1.90 bits per heavy atom. The van der Waals surface area contributed by atoms with Crippen LogP contribution in [-0.4, -0.2) is 47.6 Å². The maximum Gasteiger partial charge on any atom is 0.0231 e. The minimum absolute atomic E-state index is 0.437. The molecule has 0 aromatic rings. The van der Waals surface area contributed by atoms with E-state index in [4.69, 9.17) is 0 Å². The Bertz CT molecular complexity index is 319. The Morgan fingerprint density at radius 1 is 1.24 bits per heavy atom. The lowest BCUT2D eigenvalue weighted by Gasteiger charge is -2.46. The summed E-state index contributed by atoms with van der Waals surface area (Å²) in [7, 11) is 0. The highest BCUT2D eigenvalue weighted by Gasteiger charge is 2.38. The van der Waals surface area contributed by atoms with Crippen molar-refractivity contribution in [3.05, 3.63) is 0 Å². The van der Waals surface area contributed by atoms with Crippen molar-refractivity contribution in [3.63, 3.8) is 0 Å². The predicted octanol–water partition coefficient (Wildman–Crippen LogP) is 4.01. The average molecular weight is 313 g/mol. The van der Waals surface area contributed by atoms with Gasteiger partial charge in [0.2, 0.25) is 0 Å². The first-order valence-electron chi connectivity index (χ1n) is 8.90. The molecule has 2 nitrogen and oxygen atoms in total. The van der Waals surface area contributed by atoms with Gasteiger partial charge in [-0.2, -0.15) is 11.8 Å². The molecular formula is C18H36N2S. The van der Waals surface area contributed by atoms with Crippen LogP contribution in [0.5, 0.6) is 0 Å². The maximum absolute atomic E-state index is 3.75. The van der Waals surface area contributed by atoms with E-state index in [0.29, 0.717) is 16.2 Å². The second kappa shape index (κ2) is 7.23. The first-order valence-corrected chi connectivity index (χ1v) is 9.89. The Balaban J connectivity index is 1.98. The quantitative estimate of drug-likeness (QED) is 0.826. The molecule has 1 saturated heterocycles. The molecule has 3 heteroatoms. The predicted molar refractivity (Wildman–Crippen MR) is 96.2 cm³/mol. The highest BCUT2D eigenvalue weighted by Crippen LogP contribution is 2.40. The molecule has 21 heavy (non-hydrogen) atoms. The van der Waals surface area contributed by atoms with Gasteiger partial charge in [0.1, 0.15) is 0 Å². The average Bonchev–Trinajstić information content (AvgIpc) is 2.39. The Hall–Kier alpha value is 0.270. The van der Waals surface area contributed by atoms with Crippen LogP contribution in [0, 0.1) is 11.3 Å². The number of nitrogens with zero attached hydrogens (tertiary/aromatic N) is 1. The number of nitrogens with one attached hydrogen (secondary N) is 1. The van der Waals surface area contributed by atoms with Crippen LogP contribution < -0.4 is 5.32 Å². The van der Waals surface area contributed by atoms with Gasteiger partial charge in [-0.15, -0.1) is 0 Å². The molecule has 0 radical (unpaired) electrons. The summed E-state index contributed by atoms with van der Waals surface area (Å²) in [5.74, 6) is 2.24. The Morgan fingerprint density at radius 3 is 2.48 bits per heavy atom. The first-order chi connectivity index (χ1) is 9.80.